The second-order valence-corrected chi connectivity index (χ2v) is 7.06. The summed E-state index contributed by atoms with van der Waals surface area (Å²) in [7, 11) is 0. The van der Waals surface area contributed by atoms with E-state index in [0.29, 0.717) is 17.6 Å². The average molecular weight is 256 g/mol. The van der Waals surface area contributed by atoms with E-state index in [0.717, 1.165) is 18.3 Å². The largest absolute Gasteiger partial charge is 0.376 e. The van der Waals surface area contributed by atoms with Gasteiger partial charge < -0.3 is 10.1 Å². The molecule has 0 spiro atoms. The molecule has 3 nitrogen and oxygen atoms in total. The molecule has 2 rings (SSSR count). The van der Waals surface area contributed by atoms with Crippen LogP contribution in [-0.4, -0.2) is 36.2 Å². The second kappa shape index (κ2) is 5.61. The molecular weight excluding hydrogens is 232 g/mol. The van der Waals surface area contributed by atoms with E-state index in [1.807, 2.05) is 11.8 Å². The summed E-state index contributed by atoms with van der Waals surface area (Å²) in [5.41, 5.74) is 0.311. The molecule has 2 heterocycles. The second-order valence-electron chi connectivity index (χ2n) is 5.98. The lowest BCUT2D eigenvalue weighted by Gasteiger charge is -2.35. The molecule has 0 bridgehead atoms. The van der Waals surface area contributed by atoms with Crippen LogP contribution in [0.4, 0.5) is 0 Å². The van der Waals surface area contributed by atoms with Gasteiger partial charge in [0.25, 0.3) is 0 Å². The third-order valence-electron chi connectivity index (χ3n) is 3.45. The highest BCUT2D eigenvalue weighted by molar-refractivity contribution is 8.13. The molecule has 1 N–H and O–H groups in total. The van der Waals surface area contributed by atoms with Gasteiger partial charge in [-0.1, -0.05) is 32.5 Å². The minimum atomic E-state index is 0.311. The zero-order valence-electron chi connectivity index (χ0n) is 11.2. The van der Waals surface area contributed by atoms with Crippen LogP contribution in [0, 0.1) is 5.41 Å². The molecular formula is C13H24N2OS. The summed E-state index contributed by atoms with van der Waals surface area (Å²) < 4.78 is 5.59. The Hall–Kier alpha value is -0.220. The Kier molecular flexibility index (Phi) is 4.36. The van der Waals surface area contributed by atoms with E-state index in [-0.39, 0.29) is 0 Å². The van der Waals surface area contributed by atoms with Crippen molar-refractivity contribution < 1.29 is 4.74 Å². The molecule has 17 heavy (non-hydrogen) atoms. The first kappa shape index (κ1) is 13.2. The van der Waals surface area contributed by atoms with Crippen LogP contribution in [0.25, 0.3) is 0 Å². The summed E-state index contributed by atoms with van der Waals surface area (Å²) in [6, 6.07) is 0.548. The number of ether oxygens (including phenoxy) is 1. The maximum Gasteiger partial charge on any atom is 0.156 e. The fraction of sp³-hybridized carbons (Fsp3) is 0.923. The van der Waals surface area contributed by atoms with Gasteiger partial charge in [-0.25, -0.2) is 0 Å². The fourth-order valence-corrected chi connectivity index (χ4v) is 3.19. The Bertz CT molecular complexity index is 280. The molecule has 2 aliphatic heterocycles. The predicted octanol–water partition coefficient (Wildman–Crippen LogP) is 2.66. The van der Waals surface area contributed by atoms with Crippen LogP contribution in [-0.2, 0) is 4.74 Å². The van der Waals surface area contributed by atoms with Crippen LogP contribution in [0.3, 0.4) is 0 Å². The Morgan fingerprint density at radius 1 is 1.41 bits per heavy atom. The first-order chi connectivity index (χ1) is 8.05. The predicted molar refractivity (Wildman–Crippen MR) is 74.7 cm³/mol. The van der Waals surface area contributed by atoms with Crippen LogP contribution >= 0.6 is 11.8 Å². The smallest absolute Gasteiger partial charge is 0.156 e. The molecule has 2 saturated heterocycles. The van der Waals surface area contributed by atoms with Gasteiger partial charge in [-0.05, 0) is 24.7 Å². The third-order valence-corrected chi connectivity index (χ3v) is 4.41. The molecule has 4 heteroatoms. The van der Waals surface area contributed by atoms with Gasteiger partial charge in [0, 0.05) is 18.4 Å². The SMILES string of the molecule is CC(C)(C)C1CCSC(=NCC2CCCO2)N1. The van der Waals surface area contributed by atoms with E-state index >= 15 is 0 Å². The molecule has 2 atom stereocenters. The van der Waals surface area contributed by atoms with Gasteiger partial charge in [0.05, 0.1) is 12.6 Å². The third kappa shape index (κ3) is 3.88. The Morgan fingerprint density at radius 2 is 2.24 bits per heavy atom. The standard InChI is InChI=1S/C13H24N2OS/c1-13(2,3)11-6-8-17-12(15-11)14-9-10-5-4-7-16-10/h10-11H,4-9H2,1-3H3,(H,14,15). The van der Waals surface area contributed by atoms with E-state index in [1.165, 1.54) is 25.0 Å². The average Bonchev–Trinajstić information content (AvgIpc) is 2.78. The van der Waals surface area contributed by atoms with Crippen molar-refractivity contribution in [1.82, 2.24) is 5.32 Å². The van der Waals surface area contributed by atoms with Gasteiger partial charge in [-0.3, -0.25) is 4.99 Å². The van der Waals surface area contributed by atoms with Gasteiger partial charge in [-0.2, -0.15) is 0 Å². The van der Waals surface area contributed by atoms with E-state index in [9.17, 15) is 0 Å². The fourth-order valence-electron chi connectivity index (χ4n) is 2.25. The molecule has 0 aromatic rings. The van der Waals surface area contributed by atoms with Gasteiger partial charge >= 0.3 is 0 Å². The van der Waals surface area contributed by atoms with Crippen molar-refractivity contribution in [3.05, 3.63) is 0 Å². The maximum absolute atomic E-state index is 5.59. The lowest BCUT2D eigenvalue weighted by Crippen LogP contribution is -2.46. The number of aliphatic imine (C=N–C) groups is 1. The number of hydrogen-bond acceptors (Lipinski definition) is 3. The molecule has 0 saturated carbocycles. The molecule has 0 aromatic heterocycles. The van der Waals surface area contributed by atoms with E-state index < -0.39 is 0 Å². The van der Waals surface area contributed by atoms with Crippen molar-refractivity contribution in [3.63, 3.8) is 0 Å². The lowest BCUT2D eigenvalue weighted by atomic mass is 9.85. The van der Waals surface area contributed by atoms with Crippen LogP contribution in [0.15, 0.2) is 4.99 Å². The minimum Gasteiger partial charge on any atom is -0.376 e. The monoisotopic (exact) mass is 256 g/mol. The number of nitrogens with one attached hydrogen (secondary N) is 1. The van der Waals surface area contributed by atoms with Crippen LogP contribution in [0.5, 0.6) is 0 Å². The molecule has 0 radical (unpaired) electrons. The zero-order chi connectivity index (χ0) is 12.3. The summed E-state index contributed by atoms with van der Waals surface area (Å²) >= 11 is 1.85. The highest BCUT2D eigenvalue weighted by Gasteiger charge is 2.28. The molecule has 2 aliphatic rings. The van der Waals surface area contributed by atoms with Crippen molar-refractivity contribution in [1.29, 1.82) is 0 Å². The van der Waals surface area contributed by atoms with Crippen molar-refractivity contribution in [2.45, 2.75) is 52.2 Å². The molecule has 0 aliphatic carbocycles. The Labute approximate surface area is 109 Å². The Balaban J connectivity index is 1.85. The van der Waals surface area contributed by atoms with Crippen molar-refractivity contribution in [2.24, 2.45) is 10.4 Å². The highest BCUT2D eigenvalue weighted by atomic mass is 32.2. The van der Waals surface area contributed by atoms with E-state index in [4.69, 9.17) is 4.74 Å². The molecule has 2 unspecified atom stereocenters. The number of nitrogens with zero attached hydrogens (tertiary/aromatic N) is 1. The van der Waals surface area contributed by atoms with Gasteiger partial charge in [-0.15, -0.1) is 0 Å². The normalized spacial score (nSPS) is 32.8. The van der Waals surface area contributed by atoms with E-state index in [2.05, 4.69) is 31.1 Å². The summed E-state index contributed by atoms with van der Waals surface area (Å²) in [4.78, 5) is 4.67. The van der Waals surface area contributed by atoms with Crippen LogP contribution in [0.1, 0.15) is 40.0 Å². The summed E-state index contributed by atoms with van der Waals surface area (Å²) in [5.74, 6) is 1.18. The maximum atomic E-state index is 5.59. The highest BCUT2D eigenvalue weighted by Crippen LogP contribution is 2.27. The number of rotatable bonds is 2. The zero-order valence-corrected chi connectivity index (χ0v) is 12.0. The number of thioether (sulfide) groups is 1. The molecule has 0 aromatic carbocycles. The van der Waals surface area contributed by atoms with Crippen molar-refractivity contribution in [3.8, 4) is 0 Å². The van der Waals surface area contributed by atoms with Crippen molar-refractivity contribution >= 4 is 16.9 Å². The minimum absolute atomic E-state index is 0.311. The first-order valence-corrected chi connectivity index (χ1v) is 7.59. The van der Waals surface area contributed by atoms with Crippen LogP contribution < -0.4 is 5.32 Å². The first-order valence-electron chi connectivity index (χ1n) is 6.61. The quantitative estimate of drug-likeness (QED) is 0.824. The van der Waals surface area contributed by atoms with E-state index in [1.54, 1.807) is 0 Å². The van der Waals surface area contributed by atoms with Crippen molar-refractivity contribution in [2.75, 3.05) is 18.9 Å². The van der Waals surface area contributed by atoms with Gasteiger partial charge in [0.1, 0.15) is 0 Å². The van der Waals surface area contributed by atoms with Crippen LogP contribution in [0.2, 0.25) is 0 Å². The summed E-state index contributed by atoms with van der Waals surface area (Å²) in [5, 5.41) is 4.69. The van der Waals surface area contributed by atoms with Gasteiger partial charge in [0.2, 0.25) is 0 Å². The Morgan fingerprint density at radius 3 is 2.88 bits per heavy atom. The molecule has 98 valence electrons. The summed E-state index contributed by atoms with van der Waals surface area (Å²) in [6.07, 6.45) is 3.96. The van der Waals surface area contributed by atoms with Gasteiger partial charge in [0.15, 0.2) is 5.17 Å². The topological polar surface area (TPSA) is 33.6 Å². The molecule has 0 amide bonds. The molecule has 2 fully saturated rings. The lowest BCUT2D eigenvalue weighted by molar-refractivity contribution is 0.118. The number of amidine groups is 1. The number of hydrogen-bond donors (Lipinski definition) is 1. The summed E-state index contributed by atoms with van der Waals surface area (Å²) in [6.45, 7) is 8.61.